The van der Waals surface area contributed by atoms with Crippen LogP contribution in [0.1, 0.15) is 0 Å². The van der Waals surface area contributed by atoms with E-state index in [9.17, 15) is 43.2 Å². The van der Waals surface area contributed by atoms with Crippen LogP contribution in [0.4, 0.5) is 26.3 Å². The first-order valence-corrected chi connectivity index (χ1v) is 14.7. The van der Waals surface area contributed by atoms with Gasteiger partial charge < -0.3 is 42.6 Å². The Morgan fingerprint density at radius 3 is 1.02 bits per heavy atom. The van der Waals surface area contributed by atoms with Crippen LogP contribution in [-0.2, 0) is 71.2 Å². The molecular weight excluding hydrogens is 658 g/mol. The Balaban J connectivity index is 2.40. The first-order valence-electron chi connectivity index (χ1n) is 11.9. The molecule has 256 valence electrons. The molecule has 2 fully saturated rings. The van der Waals surface area contributed by atoms with E-state index in [0.29, 0.717) is 0 Å². The maximum atomic E-state index is 12.8. The minimum atomic E-state index is -6.05. The van der Waals surface area contributed by atoms with Gasteiger partial charge in [-0.15, -0.1) is 0 Å². The van der Waals surface area contributed by atoms with Crippen LogP contribution in [0.2, 0.25) is 0 Å². The molecule has 2 aliphatic rings. The van der Waals surface area contributed by atoms with E-state index in [0.717, 1.165) is 14.2 Å². The highest BCUT2D eigenvalue weighted by atomic mass is 32.2. The highest BCUT2D eigenvalue weighted by molar-refractivity contribution is 7.87. The molecule has 23 heteroatoms. The molecule has 0 amide bonds. The van der Waals surface area contributed by atoms with Gasteiger partial charge >= 0.3 is 31.3 Å². The van der Waals surface area contributed by atoms with Gasteiger partial charge in [0.2, 0.25) is 0 Å². The molecule has 10 atom stereocenters. The minimum Gasteiger partial charge on any atom is -0.376 e. The number of ether oxygens (including phenoxy) is 9. The molecular formula is C20H32F6O15S2. The molecule has 43 heavy (non-hydrogen) atoms. The summed E-state index contributed by atoms with van der Waals surface area (Å²) < 4.78 is 180. The van der Waals surface area contributed by atoms with Crippen molar-refractivity contribution in [3.05, 3.63) is 0 Å². The largest absolute Gasteiger partial charge is 0.523 e. The second-order valence-electron chi connectivity index (χ2n) is 8.79. The monoisotopic (exact) mass is 690 g/mol. The molecule has 0 aromatic carbocycles. The lowest BCUT2D eigenvalue weighted by atomic mass is 9.97. The van der Waals surface area contributed by atoms with E-state index in [1.165, 1.54) is 28.4 Å². The predicted octanol–water partition coefficient (Wildman–Crippen LogP) is 0.275. The molecule has 0 aromatic rings. The van der Waals surface area contributed by atoms with Crippen LogP contribution in [0.25, 0.3) is 0 Å². The molecule has 2 rings (SSSR count). The molecule has 0 spiro atoms. The topological polar surface area (TPSA) is 170 Å². The average Bonchev–Trinajstić information content (AvgIpc) is 2.92. The summed E-state index contributed by atoms with van der Waals surface area (Å²) in [5.74, 6) is 0. The van der Waals surface area contributed by atoms with E-state index in [-0.39, 0.29) is 0 Å². The summed E-state index contributed by atoms with van der Waals surface area (Å²) in [6.45, 7) is -2.46. The maximum Gasteiger partial charge on any atom is 0.523 e. The van der Waals surface area contributed by atoms with Crippen LogP contribution in [-0.4, -0.2) is 145 Å². The summed E-state index contributed by atoms with van der Waals surface area (Å²) in [7, 11) is -5.18. The highest BCUT2D eigenvalue weighted by Gasteiger charge is 2.55. The van der Waals surface area contributed by atoms with Crippen LogP contribution in [0.5, 0.6) is 0 Å². The third kappa shape index (κ3) is 8.65. The van der Waals surface area contributed by atoms with Gasteiger partial charge in [-0.3, -0.25) is 8.37 Å². The Hall–Kier alpha value is -0.960. The molecule has 0 N–H and O–H groups in total. The molecule has 0 unspecified atom stereocenters. The average molecular weight is 691 g/mol. The smallest absolute Gasteiger partial charge is 0.376 e. The first kappa shape index (κ1) is 38.2. The SMILES string of the molecule is CO[C@@H]1[C@@H](OC)[C@@H](O[C@H]2O[C@H](COS(=O)(=O)C(F)(F)F)[C@@H](OC)[C@H](OC)[C@H]2OC)O[C@H](COS(=O)(=O)C(F)(F)F)[C@H]1OC. The third-order valence-corrected chi connectivity index (χ3v) is 8.45. The standard InChI is InChI=1S/C20H32F6O15S2/c1-31-11-9(7-37-42(27,28)19(21,22)23)39-17(15(35-5)13(11)33-3)41-18-16(36-6)14(34-4)12(32-2)10(40-18)8-38-43(29,30)20(24,25)26/h9-18H,7-8H2,1-6H3/t9-,10-,11-,12-,13+,14+,15-,16-,17-,18-/m1/s1. The lowest BCUT2D eigenvalue weighted by molar-refractivity contribution is -0.383. The van der Waals surface area contributed by atoms with Gasteiger partial charge in [-0.25, -0.2) is 0 Å². The lowest BCUT2D eigenvalue weighted by Gasteiger charge is -2.48. The Labute approximate surface area is 243 Å². The van der Waals surface area contributed by atoms with Gasteiger partial charge in [0.05, 0.1) is 13.2 Å². The zero-order valence-corrected chi connectivity index (χ0v) is 25.0. The van der Waals surface area contributed by atoms with Crippen molar-refractivity contribution in [2.24, 2.45) is 0 Å². The van der Waals surface area contributed by atoms with Gasteiger partial charge in [-0.05, 0) is 0 Å². The molecule has 0 aliphatic carbocycles. The molecule has 2 aliphatic heterocycles. The number of methoxy groups -OCH3 is 6. The van der Waals surface area contributed by atoms with E-state index < -0.39 is 106 Å². The molecule has 0 saturated carbocycles. The fourth-order valence-corrected chi connectivity index (χ4v) is 5.32. The van der Waals surface area contributed by atoms with Gasteiger partial charge in [-0.2, -0.15) is 43.2 Å². The molecule has 0 bridgehead atoms. The van der Waals surface area contributed by atoms with Crippen molar-refractivity contribution in [2.75, 3.05) is 55.9 Å². The summed E-state index contributed by atoms with van der Waals surface area (Å²) in [5, 5.41) is 0. The van der Waals surface area contributed by atoms with Crippen LogP contribution in [0, 0.1) is 0 Å². The Bertz CT molecular complexity index is 1010. The summed E-state index contributed by atoms with van der Waals surface area (Å²) in [6, 6.07) is 0. The Morgan fingerprint density at radius 2 is 0.791 bits per heavy atom. The van der Waals surface area contributed by atoms with E-state index in [4.69, 9.17) is 42.6 Å². The van der Waals surface area contributed by atoms with Crippen LogP contribution >= 0.6 is 0 Å². The van der Waals surface area contributed by atoms with Crippen LogP contribution in [0.15, 0.2) is 0 Å². The van der Waals surface area contributed by atoms with E-state index >= 15 is 0 Å². The van der Waals surface area contributed by atoms with Gasteiger partial charge in [0.15, 0.2) is 12.6 Å². The normalized spacial score (nSPS) is 34.8. The van der Waals surface area contributed by atoms with Crippen molar-refractivity contribution in [3.63, 3.8) is 0 Å². The quantitative estimate of drug-likeness (QED) is 0.138. The van der Waals surface area contributed by atoms with Crippen molar-refractivity contribution < 1.29 is 94.2 Å². The molecule has 0 aromatic heterocycles. The fourth-order valence-electron chi connectivity index (χ4n) is 4.43. The minimum absolute atomic E-state index is 1.12. The molecule has 2 saturated heterocycles. The maximum absolute atomic E-state index is 12.8. The zero-order valence-electron chi connectivity index (χ0n) is 23.4. The Morgan fingerprint density at radius 1 is 0.512 bits per heavy atom. The number of hydrogen-bond acceptors (Lipinski definition) is 15. The summed E-state index contributed by atoms with van der Waals surface area (Å²) in [4.78, 5) is 0. The van der Waals surface area contributed by atoms with E-state index in [2.05, 4.69) is 8.37 Å². The molecule has 2 heterocycles. The highest BCUT2D eigenvalue weighted by Crippen LogP contribution is 2.35. The van der Waals surface area contributed by atoms with Crippen molar-refractivity contribution in [3.8, 4) is 0 Å². The van der Waals surface area contributed by atoms with Crippen LogP contribution < -0.4 is 0 Å². The van der Waals surface area contributed by atoms with Gasteiger partial charge in [0.1, 0.15) is 48.8 Å². The Kier molecular flexibility index (Phi) is 13.4. The third-order valence-electron chi connectivity index (χ3n) is 6.43. The van der Waals surface area contributed by atoms with Crippen molar-refractivity contribution in [2.45, 2.75) is 72.4 Å². The van der Waals surface area contributed by atoms with Crippen LogP contribution in [0.3, 0.4) is 0 Å². The van der Waals surface area contributed by atoms with Gasteiger partial charge in [-0.1, -0.05) is 0 Å². The number of halogens is 6. The number of hydrogen-bond donors (Lipinski definition) is 0. The van der Waals surface area contributed by atoms with E-state index in [1.54, 1.807) is 0 Å². The second kappa shape index (κ2) is 15.1. The molecule has 0 radical (unpaired) electrons. The summed E-state index contributed by atoms with van der Waals surface area (Å²) >= 11 is 0. The zero-order chi connectivity index (χ0) is 33.0. The summed E-state index contributed by atoms with van der Waals surface area (Å²) in [5.41, 5.74) is -11.5. The van der Waals surface area contributed by atoms with Gasteiger partial charge in [0, 0.05) is 42.7 Å². The van der Waals surface area contributed by atoms with E-state index in [1.807, 2.05) is 0 Å². The van der Waals surface area contributed by atoms with Gasteiger partial charge in [0.25, 0.3) is 0 Å². The first-order chi connectivity index (χ1) is 19.8. The van der Waals surface area contributed by atoms with Crippen molar-refractivity contribution in [1.82, 2.24) is 0 Å². The fraction of sp³-hybridized carbons (Fsp3) is 1.00. The van der Waals surface area contributed by atoms with Crippen molar-refractivity contribution >= 4 is 20.2 Å². The number of alkyl halides is 6. The predicted molar refractivity (Wildman–Crippen MR) is 125 cm³/mol. The second-order valence-corrected chi connectivity index (χ2v) is 12.0. The lowest BCUT2D eigenvalue weighted by Crippen LogP contribution is -2.65. The number of rotatable bonds is 14. The summed E-state index contributed by atoms with van der Waals surface area (Å²) in [6.07, 6.45) is -14.0. The van der Waals surface area contributed by atoms with Crippen molar-refractivity contribution in [1.29, 1.82) is 0 Å². The molecule has 15 nitrogen and oxygen atoms in total.